The molecule has 18 heavy (non-hydrogen) atoms. The van der Waals surface area contributed by atoms with Crippen molar-refractivity contribution in [2.45, 2.75) is 0 Å². The molecule has 1 aromatic carbocycles. The average Bonchev–Trinajstić information content (AvgIpc) is 2.39. The molecule has 0 spiro atoms. The molecule has 0 saturated carbocycles. The van der Waals surface area contributed by atoms with E-state index in [0.717, 1.165) is 0 Å². The van der Waals surface area contributed by atoms with Gasteiger partial charge in [0.25, 0.3) is 0 Å². The fourth-order valence-corrected chi connectivity index (χ4v) is 1.68. The van der Waals surface area contributed by atoms with Crippen molar-refractivity contribution in [1.29, 1.82) is 5.26 Å². The smallest absolute Gasteiger partial charge is 0.339 e. The van der Waals surface area contributed by atoms with Crippen LogP contribution in [0.3, 0.4) is 0 Å². The summed E-state index contributed by atoms with van der Waals surface area (Å²) in [6.07, 6.45) is 3.56. The molecule has 0 aliphatic rings. The number of amidine groups is 1. The predicted octanol–water partition coefficient (Wildman–Crippen LogP) is 2.55. The van der Waals surface area contributed by atoms with E-state index >= 15 is 0 Å². The molecule has 0 radical (unpaired) electrons. The number of methoxy groups -OCH3 is 1. The highest BCUT2D eigenvalue weighted by atomic mass is 35.5. The number of aliphatic imine (C=N–C) groups is 1. The van der Waals surface area contributed by atoms with E-state index in [9.17, 15) is 4.79 Å². The van der Waals surface area contributed by atoms with E-state index in [4.69, 9.17) is 16.9 Å². The number of halogens is 1. The Kier molecular flexibility index (Phi) is 5.49. The van der Waals surface area contributed by atoms with Gasteiger partial charge in [-0.15, -0.1) is 0 Å². The van der Waals surface area contributed by atoms with E-state index < -0.39 is 5.97 Å². The van der Waals surface area contributed by atoms with Gasteiger partial charge in [0.05, 0.1) is 23.4 Å². The van der Waals surface area contributed by atoms with Gasteiger partial charge in [0.15, 0.2) is 11.4 Å². The predicted molar refractivity (Wildman–Crippen MR) is 72.2 cm³/mol. The van der Waals surface area contributed by atoms with Gasteiger partial charge in [-0.3, -0.25) is 5.32 Å². The Balaban J connectivity index is 3.12. The number of ether oxygens (including phenoxy) is 1. The summed E-state index contributed by atoms with van der Waals surface area (Å²) in [4.78, 5) is 15.6. The first kappa shape index (κ1) is 14.4. The standard InChI is InChI=1S/C11H10ClN3O2S/c1-17-10(16)8-5-7(3-4-9(8)12)15-11(18-2)14-6-13/h3-5H,1-2H3,(H,14,15). The summed E-state index contributed by atoms with van der Waals surface area (Å²) in [6.45, 7) is 0. The second kappa shape index (κ2) is 6.89. The van der Waals surface area contributed by atoms with Gasteiger partial charge >= 0.3 is 5.97 Å². The monoisotopic (exact) mass is 283 g/mol. The summed E-state index contributed by atoms with van der Waals surface area (Å²) < 4.78 is 4.61. The first-order valence-corrected chi connectivity index (χ1v) is 6.38. The molecule has 0 unspecified atom stereocenters. The molecule has 0 amide bonds. The number of nitriles is 1. The van der Waals surface area contributed by atoms with Crippen LogP contribution in [0.15, 0.2) is 23.2 Å². The van der Waals surface area contributed by atoms with E-state index in [2.05, 4.69) is 15.0 Å². The van der Waals surface area contributed by atoms with Crippen LogP contribution in [0.5, 0.6) is 0 Å². The van der Waals surface area contributed by atoms with Crippen LogP contribution in [0.2, 0.25) is 5.02 Å². The van der Waals surface area contributed by atoms with Crippen molar-refractivity contribution in [1.82, 2.24) is 5.32 Å². The molecule has 0 bridgehead atoms. The topological polar surface area (TPSA) is 74.5 Å². The number of rotatable bonds is 2. The second-order valence-electron chi connectivity index (χ2n) is 3.01. The second-order valence-corrected chi connectivity index (χ2v) is 4.22. The Morgan fingerprint density at radius 3 is 2.89 bits per heavy atom. The van der Waals surface area contributed by atoms with Gasteiger partial charge in [-0.2, -0.15) is 5.26 Å². The van der Waals surface area contributed by atoms with Crippen molar-refractivity contribution < 1.29 is 9.53 Å². The van der Waals surface area contributed by atoms with Crippen LogP contribution >= 0.6 is 23.4 Å². The fourth-order valence-electron chi connectivity index (χ4n) is 1.14. The van der Waals surface area contributed by atoms with Crippen molar-refractivity contribution in [3.8, 4) is 6.19 Å². The minimum atomic E-state index is -0.531. The maximum Gasteiger partial charge on any atom is 0.339 e. The SMILES string of the molecule is COC(=O)c1cc(N=C(NC#N)SC)ccc1Cl. The van der Waals surface area contributed by atoms with Crippen molar-refractivity contribution in [2.24, 2.45) is 4.99 Å². The highest BCUT2D eigenvalue weighted by Crippen LogP contribution is 2.23. The molecule has 0 aliphatic carbocycles. The van der Waals surface area contributed by atoms with Gasteiger partial charge in [0, 0.05) is 0 Å². The Hall–Kier alpha value is -1.71. The zero-order valence-electron chi connectivity index (χ0n) is 9.73. The maximum atomic E-state index is 11.4. The normalized spacial score (nSPS) is 10.7. The van der Waals surface area contributed by atoms with Crippen molar-refractivity contribution in [2.75, 3.05) is 13.4 Å². The first-order chi connectivity index (χ1) is 8.62. The van der Waals surface area contributed by atoms with Gasteiger partial charge in [-0.1, -0.05) is 23.4 Å². The molecule has 0 heterocycles. The molecule has 0 atom stereocenters. The Morgan fingerprint density at radius 1 is 1.61 bits per heavy atom. The van der Waals surface area contributed by atoms with Crippen LogP contribution in [-0.4, -0.2) is 24.5 Å². The quantitative estimate of drug-likeness (QED) is 0.297. The summed E-state index contributed by atoms with van der Waals surface area (Å²) in [5, 5.41) is 11.7. The van der Waals surface area contributed by atoms with Crippen molar-refractivity contribution in [3.63, 3.8) is 0 Å². The van der Waals surface area contributed by atoms with E-state index in [-0.39, 0.29) is 5.56 Å². The minimum absolute atomic E-state index is 0.234. The molecule has 1 rings (SSSR count). The van der Waals surface area contributed by atoms with E-state index in [1.165, 1.54) is 24.9 Å². The number of nitrogens with one attached hydrogen (secondary N) is 1. The van der Waals surface area contributed by atoms with Gasteiger partial charge in [-0.25, -0.2) is 9.79 Å². The molecular formula is C11H10ClN3O2S. The van der Waals surface area contributed by atoms with Crippen LogP contribution in [0, 0.1) is 11.5 Å². The van der Waals surface area contributed by atoms with Crippen LogP contribution < -0.4 is 5.32 Å². The number of hydrogen-bond donors (Lipinski definition) is 1. The summed E-state index contributed by atoms with van der Waals surface area (Å²) in [5.74, 6) is -0.531. The third-order valence-electron chi connectivity index (χ3n) is 1.94. The minimum Gasteiger partial charge on any atom is -0.465 e. The van der Waals surface area contributed by atoms with Crippen LogP contribution in [0.1, 0.15) is 10.4 Å². The van der Waals surface area contributed by atoms with E-state index in [1.807, 2.05) is 0 Å². The number of esters is 1. The third kappa shape index (κ3) is 3.65. The average molecular weight is 284 g/mol. The molecule has 0 aromatic heterocycles. The third-order valence-corrected chi connectivity index (χ3v) is 2.85. The molecule has 0 aliphatic heterocycles. The maximum absolute atomic E-state index is 11.4. The Labute approximate surface area is 114 Å². The number of carbonyl (C=O) groups excluding carboxylic acids is 1. The number of thioether (sulfide) groups is 1. The fraction of sp³-hybridized carbons (Fsp3) is 0.182. The number of carbonyl (C=O) groups is 1. The summed E-state index contributed by atoms with van der Waals surface area (Å²) >= 11 is 7.16. The molecule has 5 nitrogen and oxygen atoms in total. The Morgan fingerprint density at radius 2 is 2.33 bits per heavy atom. The molecule has 94 valence electrons. The number of hydrogen-bond acceptors (Lipinski definition) is 5. The van der Waals surface area contributed by atoms with Gasteiger partial charge in [-0.05, 0) is 24.5 Å². The number of nitrogens with zero attached hydrogens (tertiary/aromatic N) is 2. The summed E-state index contributed by atoms with van der Waals surface area (Å²) in [7, 11) is 1.28. The highest BCUT2D eigenvalue weighted by molar-refractivity contribution is 8.13. The van der Waals surface area contributed by atoms with E-state index in [1.54, 1.807) is 24.6 Å². The zero-order valence-corrected chi connectivity index (χ0v) is 11.3. The largest absolute Gasteiger partial charge is 0.465 e. The lowest BCUT2D eigenvalue weighted by atomic mass is 10.2. The van der Waals surface area contributed by atoms with Crippen molar-refractivity contribution >= 4 is 40.2 Å². The summed E-state index contributed by atoms with van der Waals surface area (Å²) in [5.41, 5.74) is 0.740. The van der Waals surface area contributed by atoms with Gasteiger partial charge < -0.3 is 4.74 Å². The molecular weight excluding hydrogens is 274 g/mol. The Bertz CT molecular complexity index is 526. The van der Waals surface area contributed by atoms with Crippen LogP contribution in [0.4, 0.5) is 5.69 Å². The van der Waals surface area contributed by atoms with Crippen LogP contribution in [-0.2, 0) is 4.74 Å². The van der Waals surface area contributed by atoms with Gasteiger partial charge in [0.2, 0.25) is 0 Å². The van der Waals surface area contributed by atoms with Crippen molar-refractivity contribution in [3.05, 3.63) is 28.8 Å². The van der Waals surface area contributed by atoms with E-state index in [0.29, 0.717) is 15.9 Å². The molecule has 7 heteroatoms. The zero-order chi connectivity index (χ0) is 13.5. The van der Waals surface area contributed by atoms with Gasteiger partial charge in [0.1, 0.15) is 0 Å². The lowest BCUT2D eigenvalue weighted by Gasteiger charge is -2.04. The molecule has 1 N–H and O–H groups in total. The number of benzene rings is 1. The molecule has 0 fully saturated rings. The molecule has 0 saturated heterocycles. The lowest BCUT2D eigenvalue weighted by Crippen LogP contribution is -2.12. The highest BCUT2D eigenvalue weighted by Gasteiger charge is 2.11. The lowest BCUT2D eigenvalue weighted by molar-refractivity contribution is 0.0601. The molecule has 1 aromatic rings. The summed E-state index contributed by atoms with van der Waals surface area (Å²) in [6, 6.07) is 4.70. The first-order valence-electron chi connectivity index (χ1n) is 4.78. The van der Waals surface area contributed by atoms with Crippen LogP contribution in [0.25, 0.3) is 0 Å².